The molecule has 0 spiro atoms. The van der Waals surface area contributed by atoms with Crippen LogP contribution in [0.25, 0.3) is 22.4 Å². The fourth-order valence-corrected chi connectivity index (χ4v) is 6.76. The highest BCUT2D eigenvalue weighted by Gasteiger charge is 2.51. The summed E-state index contributed by atoms with van der Waals surface area (Å²) in [6.07, 6.45) is 10.5. The molecule has 146 valence electrons. The Balaban J connectivity index is 1.25. The molecule has 4 aliphatic rings. The van der Waals surface area contributed by atoms with Crippen molar-refractivity contribution >= 4 is 11.0 Å². The summed E-state index contributed by atoms with van der Waals surface area (Å²) in [5.74, 6) is 4.32. The summed E-state index contributed by atoms with van der Waals surface area (Å²) < 4.78 is 7.66. The summed E-state index contributed by atoms with van der Waals surface area (Å²) >= 11 is 0. The molecule has 28 heavy (non-hydrogen) atoms. The summed E-state index contributed by atoms with van der Waals surface area (Å²) in [5.41, 5.74) is 3.32. The van der Waals surface area contributed by atoms with Gasteiger partial charge in [-0.15, -0.1) is 5.10 Å². The third-order valence-electron chi connectivity index (χ3n) is 7.37. The Bertz CT molecular complexity index is 984. The van der Waals surface area contributed by atoms with Crippen molar-refractivity contribution in [2.24, 2.45) is 23.2 Å². The predicted molar refractivity (Wildman–Crippen MR) is 105 cm³/mol. The van der Waals surface area contributed by atoms with E-state index in [0.717, 1.165) is 59.6 Å². The van der Waals surface area contributed by atoms with E-state index in [1.807, 2.05) is 10.7 Å². The van der Waals surface area contributed by atoms with Crippen molar-refractivity contribution in [3.63, 3.8) is 0 Å². The van der Waals surface area contributed by atoms with Gasteiger partial charge in [-0.1, -0.05) is 17.3 Å². The number of nitrogens with zero attached hydrogens (tertiary/aromatic N) is 5. The van der Waals surface area contributed by atoms with Crippen molar-refractivity contribution < 1.29 is 4.52 Å². The normalized spacial score (nSPS) is 31.1. The zero-order valence-corrected chi connectivity index (χ0v) is 16.5. The number of fused-ring (bicyclic) bond motifs is 1. The van der Waals surface area contributed by atoms with E-state index >= 15 is 0 Å². The average molecular weight is 377 g/mol. The van der Waals surface area contributed by atoms with E-state index in [2.05, 4.69) is 34.5 Å². The van der Waals surface area contributed by atoms with Crippen molar-refractivity contribution in [1.82, 2.24) is 25.1 Å². The largest absolute Gasteiger partial charge is 0.339 e. The van der Waals surface area contributed by atoms with E-state index in [1.165, 1.54) is 38.5 Å². The van der Waals surface area contributed by atoms with E-state index in [-0.39, 0.29) is 0 Å². The fourth-order valence-electron chi connectivity index (χ4n) is 6.76. The van der Waals surface area contributed by atoms with Gasteiger partial charge in [0, 0.05) is 18.5 Å². The lowest BCUT2D eigenvalue weighted by molar-refractivity contribution is -0.0556. The molecule has 0 radical (unpaired) electrons. The third kappa shape index (κ3) is 2.68. The van der Waals surface area contributed by atoms with Gasteiger partial charge in [-0.3, -0.25) is 0 Å². The Hall–Kier alpha value is -2.24. The van der Waals surface area contributed by atoms with Crippen molar-refractivity contribution in [3.05, 3.63) is 24.1 Å². The minimum atomic E-state index is 0.422. The van der Waals surface area contributed by atoms with Crippen molar-refractivity contribution in [2.75, 3.05) is 0 Å². The van der Waals surface area contributed by atoms with Gasteiger partial charge in [0.25, 0.3) is 0 Å². The average Bonchev–Trinajstić information content (AvgIpc) is 3.27. The molecule has 6 heteroatoms. The van der Waals surface area contributed by atoms with Crippen LogP contribution in [0.3, 0.4) is 0 Å². The molecular formula is C22H27N5O. The lowest BCUT2D eigenvalue weighted by Crippen LogP contribution is -2.47. The van der Waals surface area contributed by atoms with Crippen LogP contribution >= 0.6 is 0 Å². The maximum absolute atomic E-state index is 5.71. The van der Waals surface area contributed by atoms with E-state index in [9.17, 15) is 0 Å². The van der Waals surface area contributed by atoms with Gasteiger partial charge in [0.1, 0.15) is 5.52 Å². The van der Waals surface area contributed by atoms with Crippen molar-refractivity contribution in [3.8, 4) is 11.4 Å². The number of aryl methyl sites for hydroxylation is 1. The molecule has 4 fully saturated rings. The molecule has 0 atom stereocenters. The van der Waals surface area contributed by atoms with Crippen LogP contribution < -0.4 is 0 Å². The second kappa shape index (κ2) is 6.13. The van der Waals surface area contributed by atoms with Crippen LogP contribution in [0.1, 0.15) is 57.8 Å². The molecule has 4 saturated carbocycles. The predicted octanol–water partition coefficient (Wildman–Crippen LogP) is 4.65. The van der Waals surface area contributed by atoms with Gasteiger partial charge in [0.2, 0.25) is 11.7 Å². The molecule has 3 aromatic rings. The molecule has 0 saturated heterocycles. The summed E-state index contributed by atoms with van der Waals surface area (Å²) in [5, 5.41) is 12.8. The van der Waals surface area contributed by atoms with E-state index in [0.29, 0.717) is 11.2 Å². The molecule has 0 N–H and O–H groups in total. The SMILES string of the molecule is CCCn1nnc2cc(-c3noc(CC45CC6CC(CC(C6)C4)C5)n3)ccc21. The Morgan fingerprint density at radius 1 is 1.11 bits per heavy atom. The molecule has 6 nitrogen and oxygen atoms in total. The van der Waals surface area contributed by atoms with Gasteiger partial charge in [0.15, 0.2) is 0 Å². The van der Waals surface area contributed by atoms with E-state index < -0.39 is 0 Å². The van der Waals surface area contributed by atoms with Gasteiger partial charge in [-0.2, -0.15) is 4.98 Å². The maximum atomic E-state index is 5.71. The van der Waals surface area contributed by atoms with E-state index in [1.54, 1.807) is 0 Å². The first kappa shape index (κ1) is 16.7. The quantitative estimate of drug-likeness (QED) is 0.647. The monoisotopic (exact) mass is 377 g/mol. The number of aromatic nitrogens is 5. The highest BCUT2D eigenvalue weighted by Crippen LogP contribution is 2.60. The highest BCUT2D eigenvalue weighted by atomic mass is 16.5. The number of hydrogen-bond acceptors (Lipinski definition) is 5. The molecule has 7 rings (SSSR count). The number of benzene rings is 1. The van der Waals surface area contributed by atoms with Crippen LogP contribution in [0.5, 0.6) is 0 Å². The first-order chi connectivity index (χ1) is 13.7. The Kier molecular flexibility index (Phi) is 3.65. The minimum Gasteiger partial charge on any atom is -0.339 e. The van der Waals surface area contributed by atoms with Gasteiger partial charge in [-0.25, -0.2) is 4.68 Å². The van der Waals surface area contributed by atoms with Gasteiger partial charge in [-0.05, 0) is 86.3 Å². The molecule has 2 aromatic heterocycles. The van der Waals surface area contributed by atoms with Gasteiger partial charge < -0.3 is 4.52 Å². The Morgan fingerprint density at radius 2 is 1.86 bits per heavy atom. The molecule has 4 bridgehead atoms. The molecule has 4 aliphatic carbocycles. The summed E-state index contributed by atoms with van der Waals surface area (Å²) in [6.45, 7) is 3.03. The minimum absolute atomic E-state index is 0.422. The number of rotatable bonds is 5. The fraction of sp³-hybridized carbons (Fsp3) is 0.636. The Labute approximate surface area is 164 Å². The summed E-state index contributed by atoms with van der Waals surface area (Å²) in [6, 6.07) is 6.14. The number of hydrogen-bond donors (Lipinski definition) is 0. The first-order valence-electron chi connectivity index (χ1n) is 10.9. The smallest absolute Gasteiger partial charge is 0.227 e. The maximum Gasteiger partial charge on any atom is 0.227 e. The lowest BCUT2D eigenvalue weighted by atomic mass is 9.49. The van der Waals surface area contributed by atoms with Crippen LogP contribution in [0.4, 0.5) is 0 Å². The standard InChI is InChI=1S/C22H27N5O/c1-2-5-27-19-4-3-17(9-18(19)24-26-27)21-23-20(28-25-21)13-22-10-14-6-15(11-22)8-16(7-14)12-22/h3-4,9,14-16H,2,5-8,10-13H2,1H3. The first-order valence-corrected chi connectivity index (χ1v) is 10.9. The van der Waals surface area contributed by atoms with Gasteiger partial charge in [0.05, 0.1) is 5.52 Å². The summed E-state index contributed by atoms with van der Waals surface area (Å²) in [7, 11) is 0. The molecule has 0 unspecified atom stereocenters. The molecule has 0 aliphatic heterocycles. The van der Waals surface area contributed by atoms with Crippen LogP contribution in [0.15, 0.2) is 22.7 Å². The molecule has 2 heterocycles. The lowest BCUT2D eigenvalue weighted by Gasteiger charge is -2.56. The van der Waals surface area contributed by atoms with Crippen LogP contribution in [-0.2, 0) is 13.0 Å². The molecular weight excluding hydrogens is 350 g/mol. The van der Waals surface area contributed by atoms with Crippen molar-refractivity contribution in [2.45, 2.75) is 64.8 Å². The second-order valence-corrected chi connectivity index (χ2v) is 9.62. The Morgan fingerprint density at radius 3 is 2.57 bits per heavy atom. The zero-order valence-electron chi connectivity index (χ0n) is 16.5. The van der Waals surface area contributed by atoms with Gasteiger partial charge >= 0.3 is 0 Å². The van der Waals surface area contributed by atoms with E-state index in [4.69, 9.17) is 9.51 Å². The van der Waals surface area contributed by atoms with Crippen LogP contribution in [-0.4, -0.2) is 25.1 Å². The van der Waals surface area contributed by atoms with Crippen LogP contribution in [0.2, 0.25) is 0 Å². The summed E-state index contributed by atoms with van der Waals surface area (Å²) in [4.78, 5) is 4.77. The van der Waals surface area contributed by atoms with Crippen LogP contribution in [0, 0.1) is 23.2 Å². The van der Waals surface area contributed by atoms with Crippen molar-refractivity contribution in [1.29, 1.82) is 0 Å². The molecule has 1 aromatic carbocycles. The zero-order chi connectivity index (χ0) is 18.7. The topological polar surface area (TPSA) is 69.6 Å². The second-order valence-electron chi connectivity index (χ2n) is 9.62. The highest BCUT2D eigenvalue weighted by molar-refractivity contribution is 5.79. The molecule has 0 amide bonds. The third-order valence-corrected chi connectivity index (χ3v) is 7.37.